The van der Waals surface area contributed by atoms with Gasteiger partial charge in [-0.2, -0.15) is 0 Å². The van der Waals surface area contributed by atoms with Gasteiger partial charge in [0.2, 0.25) is 0 Å². The number of hydrogen-bond acceptors (Lipinski definition) is 1. The molecule has 0 saturated heterocycles. The van der Waals surface area contributed by atoms with E-state index in [1.165, 1.54) is 48.6 Å². The van der Waals surface area contributed by atoms with Crippen LogP contribution in [0.3, 0.4) is 0 Å². The summed E-state index contributed by atoms with van der Waals surface area (Å²) >= 11 is 0. The number of aromatic nitrogens is 1. The number of nitrogens with two attached hydrogens (primary N) is 1. The first-order valence-electron chi connectivity index (χ1n) is 7.13. The summed E-state index contributed by atoms with van der Waals surface area (Å²) in [5.74, 6) is 0. The van der Waals surface area contributed by atoms with Crippen molar-refractivity contribution >= 4 is 10.9 Å². The van der Waals surface area contributed by atoms with E-state index in [1.807, 2.05) is 0 Å². The van der Waals surface area contributed by atoms with Gasteiger partial charge in [0.15, 0.2) is 0 Å². The van der Waals surface area contributed by atoms with Crippen LogP contribution in [-0.2, 0) is 13.1 Å². The molecule has 1 aromatic heterocycles. The molecule has 2 aromatic rings. The third kappa shape index (κ3) is 3.14. The van der Waals surface area contributed by atoms with E-state index in [4.69, 9.17) is 5.73 Å². The molecule has 0 fully saturated rings. The van der Waals surface area contributed by atoms with Gasteiger partial charge < -0.3 is 10.3 Å². The topological polar surface area (TPSA) is 30.9 Å². The minimum atomic E-state index is 0.623. The van der Waals surface area contributed by atoms with Crippen LogP contribution in [0.1, 0.15) is 44.6 Å². The Morgan fingerprint density at radius 1 is 1.06 bits per heavy atom. The molecule has 0 aliphatic rings. The Labute approximate surface area is 110 Å². The second kappa shape index (κ2) is 6.60. The van der Waals surface area contributed by atoms with Gasteiger partial charge in [0.25, 0.3) is 0 Å². The average Bonchev–Trinajstić information content (AvgIpc) is 2.81. The smallest absolute Gasteiger partial charge is 0.0483 e. The minimum absolute atomic E-state index is 0.623. The standard InChI is InChI=1S/C16H24N2/c1-2-3-4-5-6-10-18-11-9-15-8-7-14(13-17)12-16(15)18/h7-9,11-12H,2-6,10,13,17H2,1H3. The van der Waals surface area contributed by atoms with Crippen molar-refractivity contribution in [1.82, 2.24) is 4.57 Å². The molecule has 1 aromatic carbocycles. The fourth-order valence-corrected chi connectivity index (χ4v) is 2.44. The van der Waals surface area contributed by atoms with Crippen molar-refractivity contribution in [3.8, 4) is 0 Å². The third-order valence-electron chi connectivity index (χ3n) is 3.58. The Morgan fingerprint density at radius 2 is 1.89 bits per heavy atom. The molecule has 0 radical (unpaired) electrons. The second-order valence-electron chi connectivity index (χ2n) is 5.02. The molecule has 0 unspecified atom stereocenters. The van der Waals surface area contributed by atoms with E-state index in [-0.39, 0.29) is 0 Å². The van der Waals surface area contributed by atoms with Gasteiger partial charge in [0.05, 0.1) is 0 Å². The van der Waals surface area contributed by atoms with Gasteiger partial charge in [-0.1, -0.05) is 44.7 Å². The zero-order valence-electron chi connectivity index (χ0n) is 11.4. The summed E-state index contributed by atoms with van der Waals surface area (Å²) in [4.78, 5) is 0. The van der Waals surface area contributed by atoms with E-state index in [0.29, 0.717) is 6.54 Å². The summed E-state index contributed by atoms with van der Waals surface area (Å²) in [7, 11) is 0. The Morgan fingerprint density at radius 3 is 2.67 bits per heavy atom. The highest BCUT2D eigenvalue weighted by Gasteiger charge is 2.01. The van der Waals surface area contributed by atoms with E-state index in [0.717, 1.165) is 6.54 Å². The first-order chi connectivity index (χ1) is 8.85. The summed E-state index contributed by atoms with van der Waals surface area (Å²) in [5, 5.41) is 1.32. The zero-order chi connectivity index (χ0) is 12.8. The van der Waals surface area contributed by atoms with Crippen molar-refractivity contribution in [2.24, 2.45) is 5.73 Å². The fourth-order valence-electron chi connectivity index (χ4n) is 2.44. The normalized spacial score (nSPS) is 11.2. The largest absolute Gasteiger partial charge is 0.347 e. The molecule has 1 heterocycles. The number of fused-ring (bicyclic) bond motifs is 1. The van der Waals surface area contributed by atoms with Gasteiger partial charge in [-0.25, -0.2) is 0 Å². The maximum Gasteiger partial charge on any atom is 0.0483 e. The van der Waals surface area contributed by atoms with Gasteiger partial charge >= 0.3 is 0 Å². The predicted molar refractivity (Wildman–Crippen MR) is 78.6 cm³/mol. The van der Waals surface area contributed by atoms with Crippen molar-refractivity contribution in [2.45, 2.75) is 52.1 Å². The quantitative estimate of drug-likeness (QED) is 0.731. The van der Waals surface area contributed by atoms with Crippen LogP contribution < -0.4 is 5.73 Å². The third-order valence-corrected chi connectivity index (χ3v) is 3.58. The number of benzene rings is 1. The van der Waals surface area contributed by atoms with Gasteiger partial charge in [-0.15, -0.1) is 0 Å². The summed E-state index contributed by atoms with van der Waals surface area (Å²) in [6, 6.07) is 8.71. The lowest BCUT2D eigenvalue weighted by atomic mass is 10.1. The van der Waals surface area contributed by atoms with Gasteiger partial charge in [0.1, 0.15) is 0 Å². The van der Waals surface area contributed by atoms with Crippen molar-refractivity contribution < 1.29 is 0 Å². The lowest BCUT2D eigenvalue weighted by molar-refractivity contribution is 0.577. The van der Waals surface area contributed by atoms with Crippen LogP contribution in [0.25, 0.3) is 10.9 Å². The summed E-state index contributed by atoms with van der Waals surface area (Å²) in [5.41, 5.74) is 8.25. The Balaban J connectivity index is 1.99. The number of nitrogens with zero attached hydrogens (tertiary/aromatic N) is 1. The number of rotatable bonds is 7. The van der Waals surface area contributed by atoms with E-state index in [9.17, 15) is 0 Å². The molecule has 2 N–H and O–H groups in total. The van der Waals surface area contributed by atoms with Crippen LogP contribution >= 0.6 is 0 Å². The average molecular weight is 244 g/mol. The summed E-state index contributed by atoms with van der Waals surface area (Å²) in [6.07, 6.45) is 8.85. The SMILES string of the molecule is CCCCCCCn1ccc2ccc(CN)cc21. The molecular weight excluding hydrogens is 220 g/mol. The maximum atomic E-state index is 5.71. The van der Waals surface area contributed by atoms with Gasteiger partial charge in [-0.3, -0.25) is 0 Å². The van der Waals surface area contributed by atoms with Crippen LogP contribution in [0.4, 0.5) is 0 Å². The lowest BCUT2D eigenvalue weighted by Crippen LogP contribution is -1.99. The van der Waals surface area contributed by atoms with Gasteiger partial charge in [-0.05, 0) is 29.5 Å². The van der Waals surface area contributed by atoms with Crippen LogP contribution in [0.15, 0.2) is 30.5 Å². The molecule has 0 aliphatic carbocycles. The molecule has 98 valence electrons. The molecule has 0 amide bonds. The predicted octanol–water partition coefficient (Wildman–Crippen LogP) is 4.07. The molecule has 0 bridgehead atoms. The van der Waals surface area contributed by atoms with Crippen molar-refractivity contribution in [3.63, 3.8) is 0 Å². The molecule has 2 rings (SSSR count). The lowest BCUT2D eigenvalue weighted by Gasteiger charge is -2.06. The van der Waals surface area contributed by atoms with E-state index in [2.05, 4.69) is 42.0 Å². The Bertz CT molecular complexity index is 485. The zero-order valence-corrected chi connectivity index (χ0v) is 11.4. The van der Waals surface area contributed by atoms with Crippen LogP contribution in [-0.4, -0.2) is 4.57 Å². The number of hydrogen-bond donors (Lipinski definition) is 1. The summed E-state index contributed by atoms with van der Waals surface area (Å²) in [6.45, 7) is 4.01. The molecule has 0 atom stereocenters. The Hall–Kier alpha value is -1.28. The van der Waals surface area contributed by atoms with Crippen LogP contribution in [0.5, 0.6) is 0 Å². The molecule has 0 spiro atoms. The van der Waals surface area contributed by atoms with Gasteiger partial charge in [0, 0.05) is 24.8 Å². The molecule has 2 nitrogen and oxygen atoms in total. The maximum absolute atomic E-state index is 5.71. The minimum Gasteiger partial charge on any atom is -0.347 e. The molecular formula is C16H24N2. The van der Waals surface area contributed by atoms with E-state index < -0.39 is 0 Å². The summed E-state index contributed by atoms with van der Waals surface area (Å²) < 4.78 is 2.36. The first-order valence-corrected chi connectivity index (χ1v) is 7.13. The molecule has 0 aliphatic heterocycles. The van der Waals surface area contributed by atoms with E-state index >= 15 is 0 Å². The molecule has 18 heavy (non-hydrogen) atoms. The highest BCUT2D eigenvalue weighted by molar-refractivity contribution is 5.80. The number of unbranched alkanes of at least 4 members (excludes halogenated alkanes) is 4. The van der Waals surface area contributed by atoms with Crippen molar-refractivity contribution in [1.29, 1.82) is 0 Å². The number of aryl methyl sites for hydroxylation is 1. The Kier molecular flexibility index (Phi) is 4.82. The highest BCUT2D eigenvalue weighted by Crippen LogP contribution is 2.18. The van der Waals surface area contributed by atoms with E-state index in [1.54, 1.807) is 0 Å². The first kappa shape index (κ1) is 13.2. The van der Waals surface area contributed by atoms with Crippen LogP contribution in [0, 0.1) is 0 Å². The van der Waals surface area contributed by atoms with Crippen molar-refractivity contribution in [2.75, 3.05) is 0 Å². The van der Waals surface area contributed by atoms with Crippen LogP contribution in [0.2, 0.25) is 0 Å². The van der Waals surface area contributed by atoms with Crippen molar-refractivity contribution in [3.05, 3.63) is 36.0 Å². The molecule has 0 saturated carbocycles. The highest BCUT2D eigenvalue weighted by atomic mass is 14.9. The molecule has 2 heteroatoms. The second-order valence-corrected chi connectivity index (χ2v) is 5.02. The monoisotopic (exact) mass is 244 g/mol. The fraction of sp³-hybridized carbons (Fsp3) is 0.500.